The summed E-state index contributed by atoms with van der Waals surface area (Å²) in [6.45, 7) is 0.0225. The van der Waals surface area contributed by atoms with Gasteiger partial charge in [-0.25, -0.2) is 14.2 Å². The van der Waals surface area contributed by atoms with Gasteiger partial charge in [-0.15, -0.1) is 0 Å². The zero-order chi connectivity index (χ0) is 14.0. The maximum Gasteiger partial charge on any atom is 0.352 e. The van der Waals surface area contributed by atoms with Crippen molar-refractivity contribution in [1.29, 1.82) is 0 Å². The molecule has 1 amide bonds. The maximum atomic E-state index is 12.9. The third-order valence-corrected chi connectivity index (χ3v) is 3.04. The summed E-state index contributed by atoms with van der Waals surface area (Å²) in [6.07, 6.45) is 0.200. The van der Waals surface area contributed by atoms with E-state index in [1.165, 1.54) is 12.1 Å². The summed E-state index contributed by atoms with van der Waals surface area (Å²) in [7, 11) is 0. The van der Waals surface area contributed by atoms with Crippen molar-refractivity contribution < 1.29 is 19.1 Å². The van der Waals surface area contributed by atoms with Gasteiger partial charge in [0.15, 0.2) is 0 Å². The lowest BCUT2D eigenvalue weighted by Crippen LogP contribution is -2.33. The molecule has 1 N–H and O–H groups in total. The van der Waals surface area contributed by atoms with Crippen LogP contribution in [0.15, 0.2) is 23.3 Å². The molecule has 0 aromatic heterocycles. The van der Waals surface area contributed by atoms with E-state index in [0.29, 0.717) is 5.56 Å². The molecule has 0 saturated heterocycles. The molecule has 0 unspecified atom stereocenters. The molecular formula is C12H10ClFN2O3. The van der Waals surface area contributed by atoms with Crippen molar-refractivity contribution in [1.82, 2.24) is 5.01 Å². The number of halogens is 2. The number of carboxylic acids is 1. The Morgan fingerprint density at radius 2 is 2.21 bits per heavy atom. The van der Waals surface area contributed by atoms with Crippen molar-refractivity contribution in [3.63, 3.8) is 0 Å². The molecule has 0 radical (unpaired) electrons. The molecule has 0 bridgehead atoms. The number of hydrogen-bond donors (Lipinski definition) is 1. The second kappa shape index (κ2) is 5.36. The second-order valence-corrected chi connectivity index (χ2v) is 4.45. The van der Waals surface area contributed by atoms with E-state index >= 15 is 0 Å². The predicted molar refractivity (Wildman–Crippen MR) is 66.3 cm³/mol. The van der Waals surface area contributed by atoms with Gasteiger partial charge in [-0.3, -0.25) is 4.79 Å². The van der Waals surface area contributed by atoms with Gasteiger partial charge in [0.05, 0.1) is 6.54 Å². The smallest absolute Gasteiger partial charge is 0.352 e. The zero-order valence-electron chi connectivity index (χ0n) is 9.77. The van der Waals surface area contributed by atoms with Crippen LogP contribution in [0, 0.1) is 5.82 Å². The van der Waals surface area contributed by atoms with Crippen LogP contribution in [0.25, 0.3) is 0 Å². The summed E-state index contributed by atoms with van der Waals surface area (Å²) in [5, 5.41) is 13.8. The Kier molecular flexibility index (Phi) is 3.80. The van der Waals surface area contributed by atoms with Crippen LogP contribution in [0.2, 0.25) is 5.02 Å². The van der Waals surface area contributed by atoms with E-state index in [-0.39, 0.29) is 36.0 Å². The Hall–Kier alpha value is -1.95. The molecule has 2 rings (SSSR count). The number of amides is 1. The highest BCUT2D eigenvalue weighted by atomic mass is 35.5. The molecule has 1 aliphatic heterocycles. The van der Waals surface area contributed by atoms with Crippen molar-refractivity contribution in [3.05, 3.63) is 34.6 Å². The Balaban J connectivity index is 2.23. The number of hydrogen-bond acceptors (Lipinski definition) is 3. The number of carboxylic acid groups (broad SMARTS) is 1. The fourth-order valence-electron chi connectivity index (χ4n) is 1.69. The molecule has 5 nitrogen and oxygen atoms in total. The molecule has 19 heavy (non-hydrogen) atoms. The van der Waals surface area contributed by atoms with Crippen molar-refractivity contribution in [2.75, 3.05) is 0 Å². The molecule has 1 aromatic carbocycles. The third-order valence-electron chi connectivity index (χ3n) is 2.69. The molecular weight excluding hydrogens is 275 g/mol. The molecule has 1 aromatic rings. The van der Waals surface area contributed by atoms with Crippen LogP contribution in [0.4, 0.5) is 4.39 Å². The minimum atomic E-state index is -1.15. The lowest BCUT2D eigenvalue weighted by Gasteiger charge is -2.22. The summed E-state index contributed by atoms with van der Waals surface area (Å²) in [5.41, 5.74) is 0.435. The maximum absolute atomic E-state index is 12.9. The van der Waals surface area contributed by atoms with Crippen molar-refractivity contribution in [2.45, 2.75) is 19.4 Å². The number of nitrogens with zero attached hydrogens (tertiary/aromatic N) is 2. The quantitative estimate of drug-likeness (QED) is 0.923. The topological polar surface area (TPSA) is 70.0 Å². The fourth-order valence-corrected chi connectivity index (χ4v) is 1.92. The Morgan fingerprint density at radius 3 is 2.84 bits per heavy atom. The van der Waals surface area contributed by atoms with E-state index in [2.05, 4.69) is 5.10 Å². The highest BCUT2D eigenvalue weighted by molar-refractivity contribution is 6.36. The molecule has 0 aliphatic carbocycles. The molecule has 1 heterocycles. The van der Waals surface area contributed by atoms with E-state index in [0.717, 1.165) is 11.1 Å². The number of carbonyl (C=O) groups is 2. The van der Waals surface area contributed by atoms with E-state index in [4.69, 9.17) is 16.7 Å². The molecule has 0 atom stereocenters. The first kappa shape index (κ1) is 13.5. The van der Waals surface area contributed by atoms with Crippen molar-refractivity contribution in [2.24, 2.45) is 5.10 Å². The van der Waals surface area contributed by atoms with E-state index in [9.17, 15) is 14.0 Å². The van der Waals surface area contributed by atoms with Crippen molar-refractivity contribution >= 4 is 29.2 Å². The lowest BCUT2D eigenvalue weighted by atomic mass is 10.1. The molecule has 100 valence electrons. The summed E-state index contributed by atoms with van der Waals surface area (Å²) in [4.78, 5) is 22.5. The number of carbonyl (C=O) groups excluding carboxylic acids is 1. The van der Waals surface area contributed by atoms with Gasteiger partial charge in [0.2, 0.25) is 5.91 Å². The van der Waals surface area contributed by atoms with Gasteiger partial charge in [-0.2, -0.15) is 5.10 Å². The number of benzene rings is 1. The van der Waals surface area contributed by atoms with Gasteiger partial charge in [0.25, 0.3) is 0 Å². The van der Waals surface area contributed by atoms with E-state index in [1.807, 2.05) is 0 Å². The van der Waals surface area contributed by atoms with E-state index < -0.39 is 11.8 Å². The first-order chi connectivity index (χ1) is 8.97. The minimum Gasteiger partial charge on any atom is -0.477 e. The summed E-state index contributed by atoms with van der Waals surface area (Å²) >= 11 is 5.85. The molecule has 1 aliphatic rings. The number of rotatable bonds is 3. The second-order valence-electron chi connectivity index (χ2n) is 4.04. The summed E-state index contributed by atoms with van der Waals surface area (Å²) < 4.78 is 12.9. The molecule has 0 saturated carbocycles. The van der Waals surface area contributed by atoms with Gasteiger partial charge in [-0.1, -0.05) is 17.7 Å². The monoisotopic (exact) mass is 284 g/mol. The Bertz CT molecular complexity index is 574. The molecule has 0 spiro atoms. The largest absolute Gasteiger partial charge is 0.477 e. The SMILES string of the molecule is O=C(O)C1=NN(Cc2ccc(F)cc2Cl)C(=O)CC1. The van der Waals surface area contributed by atoms with Gasteiger partial charge < -0.3 is 5.11 Å². The lowest BCUT2D eigenvalue weighted by molar-refractivity contribution is -0.133. The average molecular weight is 285 g/mol. The summed E-state index contributed by atoms with van der Waals surface area (Å²) in [6, 6.07) is 3.79. The zero-order valence-corrected chi connectivity index (χ0v) is 10.5. The van der Waals surface area contributed by atoms with Gasteiger partial charge in [0.1, 0.15) is 11.5 Å². The van der Waals surface area contributed by atoms with Crippen LogP contribution < -0.4 is 0 Å². The van der Waals surface area contributed by atoms with Crippen LogP contribution >= 0.6 is 11.6 Å². The van der Waals surface area contributed by atoms with Gasteiger partial charge in [0, 0.05) is 17.9 Å². The predicted octanol–water partition coefficient (Wildman–Crippen LogP) is 2.04. The van der Waals surface area contributed by atoms with E-state index in [1.54, 1.807) is 0 Å². The number of hydrazone groups is 1. The first-order valence-corrected chi connectivity index (χ1v) is 5.90. The van der Waals surface area contributed by atoms with Crippen LogP contribution in [-0.4, -0.2) is 27.7 Å². The first-order valence-electron chi connectivity index (χ1n) is 5.52. The standard InChI is InChI=1S/C12H10ClFN2O3/c13-9-5-8(14)2-1-7(9)6-16-11(17)4-3-10(15-16)12(18)19/h1-2,5H,3-4,6H2,(H,18,19). The van der Waals surface area contributed by atoms with Crippen LogP contribution in [0.1, 0.15) is 18.4 Å². The Morgan fingerprint density at radius 1 is 1.47 bits per heavy atom. The summed E-state index contributed by atoms with van der Waals surface area (Å²) in [5.74, 6) is -1.92. The van der Waals surface area contributed by atoms with Crippen LogP contribution in [0.3, 0.4) is 0 Å². The van der Waals surface area contributed by atoms with Crippen LogP contribution in [-0.2, 0) is 16.1 Å². The third kappa shape index (κ3) is 3.08. The minimum absolute atomic E-state index is 0.0225. The highest BCUT2D eigenvalue weighted by Gasteiger charge is 2.24. The highest BCUT2D eigenvalue weighted by Crippen LogP contribution is 2.21. The van der Waals surface area contributed by atoms with Crippen LogP contribution in [0.5, 0.6) is 0 Å². The van der Waals surface area contributed by atoms with Crippen molar-refractivity contribution in [3.8, 4) is 0 Å². The number of aliphatic carboxylic acids is 1. The Labute approximate surface area is 113 Å². The fraction of sp³-hybridized carbons (Fsp3) is 0.250. The average Bonchev–Trinajstić information content (AvgIpc) is 2.34. The van der Waals surface area contributed by atoms with Gasteiger partial charge >= 0.3 is 5.97 Å². The normalized spacial score (nSPS) is 15.4. The molecule has 7 heteroatoms. The van der Waals surface area contributed by atoms with Gasteiger partial charge in [-0.05, 0) is 17.7 Å². The molecule has 0 fully saturated rings.